The predicted molar refractivity (Wildman–Crippen MR) is 306 cm³/mol. The third-order valence-electron chi connectivity index (χ3n) is 13.3. The maximum Gasteiger partial charge on any atom is 0.132 e. The molecule has 0 atom stereocenters. The molecule has 11 aromatic rings. The van der Waals surface area contributed by atoms with Crippen molar-refractivity contribution in [2.45, 2.75) is 26.4 Å². The van der Waals surface area contributed by atoms with Gasteiger partial charge in [0.05, 0.1) is 70.3 Å². The standard InChI is InChI=1S/C64H46N12O4/c1-9-49(77-37-45-33-65-25-29-69-45)10-2-41(1)61-53-17-19-55(73-53)62(42-3-11-50(12-4-42)78-38-46-34-66-26-30-70-46)57-21-23-59(75-57)64(44-7-15-52(16-8-44)80-40-48-36-68-28-32-72-48)60-24-22-58(76-60)63(56-20-18-54(61)74-56)43-5-13-51(14-6-43)79-39-47-35-67-27-31-71-47/h1-36,73,76H,37-40H2. The Kier molecular flexibility index (Phi) is 13.6. The van der Waals surface area contributed by atoms with Crippen molar-refractivity contribution in [1.29, 1.82) is 0 Å². The fraction of sp³-hybridized carbons (Fsp3) is 0.0625. The van der Waals surface area contributed by atoms with E-state index in [-0.39, 0.29) is 26.4 Å². The average Bonchev–Trinajstić information content (AvgIpc) is 4.40. The molecule has 0 amide bonds. The number of aromatic amines is 2. The molecule has 9 heterocycles. The monoisotopic (exact) mass is 1050 g/mol. The topological polar surface area (TPSA) is 197 Å². The van der Waals surface area contributed by atoms with E-state index in [4.69, 9.17) is 28.9 Å². The Morgan fingerprint density at radius 1 is 0.275 bits per heavy atom. The summed E-state index contributed by atoms with van der Waals surface area (Å²) in [6.07, 6.45) is 28.3. The van der Waals surface area contributed by atoms with Gasteiger partial charge in [-0.1, -0.05) is 48.5 Å². The van der Waals surface area contributed by atoms with Gasteiger partial charge in [0, 0.05) is 93.9 Å². The molecule has 2 aliphatic heterocycles. The van der Waals surface area contributed by atoms with Gasteiger partial charge in [-0.3, -0.25) is 39.9 Å². The van der Waals surface area contributed by atoms with Crippen LogP contribution in [0.2, 0.25) is 0 Å². The van der Waals surface area contributed by atoms with Crippen molar-refractivity contribution in [2.75, 3.05) is 0 Å². The van der Waals surface area contributed by atoms with Crippen molar-refractivity contribution in [1.82, 2.24) is 59.8 Å². The molecule has 2 aliphatic rings. The van der Waals surface area contributed by atoms with Gasteiger partial charge in [0.1, 0.15) is 49.4 Å². The molecule has 16 nitrogen and oxygen atoms in total. The first-order valence-corrected chi connectivity index (χ1v) is 25.7. The average molecular weight is 1050 g/mol. The van der Waals surface area contributed by atoms with Crippen molar-refractivity contribution in [3.05, 3.63) is 241 Å². The van der Waals surface area contributed by atoms with Crippen LogP contribution < -0.4 is 18.9 Å². The maximum atomic E-state index is 6.17. The van der Waals surface area contributed by atoms with E-state index in [9.17, 15) is 0 Å². The van der Waals surface area contributed by atoms with Gasteiger partial charge in [-0.2, -0.15) is 0 Å². The molecule has 0 fully saturated rings. The number of nitrogens with one attached hydrogen (secondary N) is 2. The molecule has 16 heteroatoms. The van der Waals surface area contributed by atoms with Crippen molar-refractivity contribution in [3.8, 4) is 67.5 Å². The number of hydrogen-bond acceptors (Lipinski definition) is 14. The molecule has 0 radical (unpaired) electrons. The van der Waals surface area contributed by atoms with Crippen LogP contribution in [-0.2, 0) is 26.4 Å². The largest absolute Gasteiger partial charge is 0.487 e. The van der Waals surface area contributed by atoms with Crippen LogP contribution in [0.5, 0.6) is 23.0 Å². The van der Waals surface area contributed by atoms with Crippen LogP contribution in [0.4, 0.5) is 0 Å². The highest BCUT2D eigenvalue weighted by Crippen LogP contribution is 2.40. The second-order valence-electron chi connectivity index (χ2n) is 18.5. The first-order chi connectivity index (χ1) is 39.6. The molecule has 80 heavy (non-hydrogen) atoms. The lowest BCUT2D eigenvalue weighted by Gasteiger charge is -2.10. The van der Waals surface area contributed by atoms with Crippen LogP contribution >= 0.6 is 0 Å². The lowest BCUT2D eigenvalue weighted by molar-refractivity contribution is 0.300. The fourth-order valence-electron chi connectivity index (χ4n) is 9.54. The number of rotatable bonds is 16. The van der Waals surface area contributed by atoms with E-state index in [2.05, 4.69) is 147 Å². The molecular weight excluding hydrogens is 1000 g/mol. The smallest absolute Gasteiger partial charge is 0.132 e. The van der Waals surface area contributed by atoms with Crippen LogP contribution in [0.1, 0.15) is 45.6 Å². The minimum absolute atomic E-state index is 0.280. The Morgan fingerprint density at radius 3 is 0.725 bits per heavy atom. The van der Waals surface area contributed by atoms with Gasteiger partial charge in [-0.05, 0) is 119 Å². The molecule has 0 saturated carbocycles. The molecule has 8 bridgehead atoms. The molecule has 2 N–H and O–H groups in total. The zero-order valence-corrected chi connectivity index (χ0v) is 42.7. The normalized spacial score (nSPS) is 11.6. The quantitative estimate of drug-likeness (QED) is 0.0926. The third-order valence-corrected chi connectivity index (χ3v) is 13.3. The third kappa shape index (κ3) is 10.7. The number of H-pyrrole nitrogens is 2. The molecule has 0 saturated heterocycles. The van der Waals surface area contributed by atoms with Gasteiger partial charge < -0.3 is 28.9 Å². The molecule has 7 aromatic heterocycles. The lowest BCUT2D eigenvalue weighted by Crippen LogP contribution is -1.98. The van der Waals surface area contributed by atoms with Crippen LogP contribution in [-0.4, -0.2) is 59.8 Å². The maximum absolute atomic E-state index is 6.17. The van der Waals surface area contributed by atoms with Gasteiger partial charge in [0.15, 0.2) is 0 Å². The summed E-state index contributed by atoms with van der Waals surface area (Å²) in [6, 6.07) is 40.6. The van der Waals surface area contributed by atoms with Gasteiger partial charge >= 0.3 is 0 Å². The van der Waals surface area contributed by atoms with E-state index >= 15 is 0 Å². The van der Waals surface area contributed by atoms with Gasteiger partial charge in [-0.25, -0.2) is 9.97 Å². The summed E-state index contributed by atoms with van der Waals surface area (Å²) in [7, 11) is 0. The van der Waals surface area contributed by atoms with Crippen LogP contribution in [0, 0.1) is 0 Å². The summed E-state index contributed by atoms with van der Waals surface area (Å²) in [5, 5.41) is 0. The van der Waals surface area contributed by atoms with Crippen LogP contribution in [0.25, 0.3) is 90.9 Å². The summed E-state index contributed by atoms with van der Waals surface area (Å²) in [5.74, 6) is 2.76. The van der Waals surface area contributed by atoms with Crippen molar-refractivity contribution < 1.29 is 18.9 Å². The second kappa shape index (κ2) is 22.3. The zero-order chi connectivity index (χ0) is 53.5. The first kappa shape index (κ1) is 48.6. The number of ether oxygens (including phenoxy) is 4. The molecule has 386 valence electrons. The minimum atomic E-state index is 0.280. The van der Waals surface area contributed by atoms with Crippen LogP contribution in [0.15, 0.2) is 196 Å². The van der Waals surface area contributed by atoms with Gasteiger partial charge in [0.2, 0.25) is 0 Å². The molecular formula is C64H46N12O4. The van der Waals surface area contributed by atoms with E-state index in [1.807, 2.05) is 48.5 Å². The SMILES string of the molecule is C1=Cc2nc1c(-c1ccc(OCc3cnccn3)cc1)c1ccc([nH]1)c(-c1ccc(OCc3cnccn3)cc1)c1nc(c(-c3ccc(OCc4cnccn4)cc3)c3ccc([nH]3)c2-c2ccc(OCc3cnccn3)cc2)C=C1. The number of fused-ring (bicyclic) bond motifs is 8. The number of nitrogens with zero attached hydrogens (tertiary/aromatic N) is 10. The Morgan fingerprint density at radius 2 is 0.512 bits per heavy atom. The molecule has 0 unspecified atom stereocenters. The van der Waals surface area contributed by atoms with Crippen molar-refractivity contribution in [3.63, 3.8) is 0 Å². The summed E-state index contributed by atoms with van der Waals surface area (Å²) in [6.45, 7) is 1.12. The summed E-state index contributed by atoms with van der Waals surface area (Å²) < 4.78 is 24.7. The highest BCUT2D eigenvalue weighted by Gasteiger charge is 2.20. The number of benzene rings is 4. The fourth-order valence-corrected chi connectivity index (χ4v) is 9.54. The Labute approximate surface area is 458 Å². The predicted octanol–water partition coefficient (Wildman–Crippen LogP) is 12.8. The van der Waals surface area contributed by atoms with E-state index in [0.717, 1.165) is 112 Å². The Balaban J connectivity index is 0.993. The summed E-state index contributed by atoms with van der Waals surface area (Å²) >= 11 is 0. The van der Waals surface area contributed by atoms with Gasteiger partial charge in [-0.15, -0.1) is 0 Å². The number of aromatic nitrogens is 12. The van der Waals surface area contributed by atoms with Gasteiger partial charge in [0.25, 0.3) is 0 Å². The van der Waals surface area contributed by atoms with E-state index in [0.29, 0.717) is 23.0 Å². The first-order valence-electron chi connectivity index (χ1n) is 25.7. The van der Waals surface area contributed by atoms with E-state index in [1.165, 1.54) is 0 Å². The summed E-state index contributed by atoms with van der Waals surface area (Å²) in [5.41, 5.74) is 16.6. The minimum Gasteiger partial charge on any atom is -0.487 e. The van der Waals surface area contributed by atoms with Crippen molar-refractivity contribution in [2.24, 2.45) is 0 Å². The Bertz CT molecular complexity index is 3660. The molecule has 0 spiro atoms. The van der Waals surface area contributed by atoms with Crippen molar-refractivity contribution >= 4 is 46.4 Å². The van der Waals surface area contributed by atoms with Crippen LogP contribution in [0.3, 0.4) is 0 Å². The molecule has 0 aliphatic carbocycles. The van der Waals surface area contributed by atoms with E-state index < -0.39 is 0 Å². The van der Waals surface area contributed by atoms with E-state index in [1.54, 1.807) is 74.4 Å². The lowest BCUT2D eigenvalue weighted by atomic mass is 10.0. The zero-order valence-electron chi connectivity index (χ0n) is 42.7. The highest BCUT2D eigenvalue weighted by atomic mass is 16.5. The second-order valence-corrected chi connectivity index (χ2v) is 18.5. The summed E-state index contributed by atoms with van der Waals surface area (Å²) in [4.78, 5) is 53.0. The number of hydrogen-bond donors (Lipinski definition) is 2. The highest BCUT2D eigenvalue weighted by molar-refractivity contribution is 6.00. The Hall–Kier alpha value is -11.0. The molecule has 4 aromatic carbocycles. The molecule has 13 rings (SSSR count).